The number of piperidine rings is 1. The average Bonchev–Trinajstić information content (AvgIpc) is 3.20. The molecule has 1 aliphatic heterocycles. The number of aryl methyl sites for hydroxylation is 1. The summed E-state index contributed by atoms with van der Waals surface area (Å²) in [5.74, 6) is 0.0811. The Kier molecular flexibility index (Phi) is 6.51. The molecule has 1 aliphatic rings. The molecule has 1 fully saturated rings. The van der Waals surface area contributed by atoms with Crippen LogP contribution < -0.4 is 5.32 Å². The lowest BCUT2D eigenvalue weighted by Crippen LogP contribution is -2.32. The van der Waals surface area contributed by atoms with Crippen molar-refractivity contribution in [1.29, 1.82) is 0 Å². The number of rotatable bonds is 6. The van der Waals surface area contributed by atoms with Crippen LogP contribution in [0.1, 0.15) is 64.5 Å². The molecule has 152 valence electrons. The standard InChI is InChI=1S/C20H28N4O3S/c1-5-27-19(26)16-13(3)17(21-14(16)4)18(25)23-20-22-15(11-28-20)10-24-8-6-12(2)7-9-24/h11-12,21H,5-10H2,1-4H3,(H,22,23,25). The second-order valence-corrected chi connectivity index (χ2v) is 8.26. The Bertz CT molecular complexity index is 850. The van der Waals surface area contributed by atoms with E-state index >= 15 is 0 Å². The fraction of sp³-hybridized carbons (Fsp3) is 0.550. The highest BCUT2D eigenvalue weighted by molar-refractivity contribution is 7.13. The van der Waals surface area contributed by atoms with Gasteiger partial charge < -0.3 is 9.72 Å². The first kappa shape index (κ1) is 20.5. The molecule has 0 aliphatic carbocycles. The fourth-order valence-electron chi connectivity index (χ4n) is 3.53. The molecule has 0 radical (unpaired) electrons. The van der Waals surface area contributed by atoms with Gasteiger partial charge in [-0.15, -0.1) is 11.3 Å². The van der Waals surface area contributed by atoms with Crippen molar-refractivity contribution in [2.45, 2.75) is 47.1 Å². The Morgan fingerprint density at radius 3 is 2.75 bits per heavy atom. The summed E-state index contributed by atoms with van der Waals surface area (Å²) in [7, 11) is 0. The zero-order chi connectivity index (χ0) is 20.3. The maximum absolute atomic E-state index is 12.7. The van der Waals surface area contributed by atoms with Gasteiger partial charge in [-0.2, -0.15) is 0 Å². The summed E-state index contributed by atoms with van der Waals surface area (Å²) >= 11 is 1.42. The number of likely N-dealkylation sites (tertiary alicyclic amines) is 1. The van der Waals surface area contributed by atoms with Crippen LogP contribution in [0.5, 0.6) is 0 Å². The third-order valence-electron chi connectivity index (χ3n) is 5.18. The van der Waals surface area contributed by atoms with Crippen LogP contribution >= 0.6 is 11.3 Å². The third kappa shape index (κ3) is 4.62. The summed E-state index contributed by atoms with van der Waals surface area (Å²) < 4.78 is 5.08. The van der Waals surface area contributed by atoms with Crippen LogP contribution in [0.2, 0.25) is 0 Å². The summed E-state index contributed by atoms with van der Waals surface area (Å²) in [6.07, 6.45) is 2.45. The number of anilines is 1. The number of carbonyl (C=O) groups excluding carboxylic acids is 2. The predicted octanol–water partition coefficient (Wildman–Crippen LogP) is 3.75. The van der Waals surface area contributed by atoms with Gasteiger partial charge in [-0.1, -0.05) is 6.92 Å². The Labute approximate surface area is 169 Å². The lowest BCUT2D eigenvalue weighted by molar-refractivity contribution is 0.0525. The van der Waals surface area contributed by atoms with Gasteiger partial charge in [-0.3, -0.25) is 15.0 Å². The summed E-state index contributed by atoms with van der Waals surface area (Å²) in [6, 6.07) is 0. The van der Waals surface area contributed by atoms with Crippen molar-refractivity contribution in [3.63, 3.8) is 0 Å². The Hall–Kier alpha value is -2.19. The lowest BCUT2D eigenvalue weighted by Gasteiger charge is -2.29. The van der Waals surface area contributed by atoms with Crippen molar-refractivity contribution >= 4 is 28.3 Å². The highest BCUT2D eigenvalue weighted by atomic mass is 32.1. The van der Waals surface area contributed by atoms with Crippen molar-refractivity contribution in [3.8, 4) is 0 Å². The van der Waals surface area contributed by atoms with Crippen molar-refractivity contribution < 1.29 is 14.3 Å². The predicted molar refractivity (Wildman–Crippen MR) is 110 cm³/mol. The van der Waals surface area contributed by atoms with Crippen molar-refractivity contribution in [1.82, 2.24) is 14.9 Å². The smallest absolute Gasteiger partial charge is 0.340 e. The van der Waals surface area contributed by atoms with Gasteiger partial charge in [-0.05, 0) is 58.2 Å². The van der Waals surface area contributed by atoms with Gasteiger partial charge >= 0.3 is 5.97 Å². The van der Waals surface area contributed by atoms with E-state index < -0.39 is 5.97 Å². The monoisotopic (exact) mass is 404 g/mol. The van der Waals surface area contributed by atoms with E-state index in [1.54, 1.807) is 20.8 Å². The van der Waals surface area contributed by atoms with E-state index in [0.717, 1.165) is 31.2 Å². The zero-order valence-corrected chi connectivity index (χ0v) is 17.7. The number of aromatic nitrogens is 2. The summed E-state index contributed by atoms with van der Waals surface area (Å²) in [6.45, 7) is 10.9. The van der Waals surface area contributed by atoms with Gasteiger partial charge in [0.1, 0.15) is 5.69 Å². The summed E-state index contributed by atoms with van der Waals surface area (Å²) in [5.41, 5.74) is 2.97. The largest absolute Gasteiger partial charge is 0.462 e. The molecule has 2 N–H and O–H groups in total. The molecular weight excluding hydrogens is 376 g/mol. The Balaban J connectivity index is 1.65. The first-order chi connectivity index (χ1) is 13.4. The van der Waals surface area contributed by atoms with Crippen molar-refractivity contribution in [2.75, 3.05) is 25.0 Å². The number of esters is 1. The number of nitrogens with zero attached hydrogens (tertiary/aromatic N) is 2. The molecule has 0 atom stereocenters. The molecule has 3 rings (SSSR count). The molecule has 1 amide bonds. The van der Waals surface area contributed by atoms with E-state index in [0.29, 0.717) is 34.3 Å². The van der Waals surface area contributed by atoms with E-state index in [1.165, 1.54) is 24.2 Å². The minimum atomic E-state index is -0.416. The molecule has 0 bridgehead atoms. The number of aromatic amines is 1. The highest BCUT2D eigenvalue weighted by Crippen LogP contribution is 2.23. The number of amides is 1. The van der Waals surface area contributed by atoms with Crippen LogP contribution in [-0.4, -0.2) is 46.4 Å². The number of H-pyrrole nitrogens is 1. The highest BCUT2D eigenvalue weighted by Gasteiger charge is 2.23. The number of thiazole rings is 1. The van der Waals surface area contributed by atoms with Gasteiger partial charge in [0.05, 0.1) is 17.9 Å². The van der Waals surface area contributed by atoms with Crippen LogP contribution in [0.3, 0.4) is 0 Å². The van der Waals surface area contributed by atoms with E-state index in [-0.39, 0.29) is 5.91 Å². The minimum absolute atomic E-state index is 0.294. The first-order valence-electron chi connectivity index (χ1n) is 9.73. The van der Waals surface area contributed by atoms with Crippen LogP contribution in [0.25, 0.3) is 0 Å². The topological polar surface area (TPSA) is 87.3 Å². The van der Waals surface area contributed by atoms with Gasteiger partial charge in [0, 0.05) is 17.6 Å². The van der Waals surface area contributed by atoms with Crippen LogP contribution in [0, 0.1) is 19.8 Å². The Morgan fingerprint density at radius 2 is 2.07 bits per heavy atom. The molecule has 0 unspecified atom stereocenters. The van der Waals surface area contributed by atoms with Gasteiger partial charge in [0.15, 0.2) is 5.13 Å². The molecular formula is C20H28N4O3S. The van der Waals surface area contributed by atoms with Crippen LogP contribution in [0.15, 0.2) is 5.38 Å². The van der Waals surface area contributed by atoms with Gasteiger partial charge in [0.2, 0.25) is 0 Å². The molecule has 3 heterocycles. The maximum Gasteiger partial charge on any atom is 0.340 e. The quantitative estimate of drug-likeness (QED) is 0.716. The first-order valence-corrected chi connectivity index (χ1v) is 10.6. The molecule has 2 aromatic rings. The number of hydrogen-bond acceptors (Lipinski definition) is 6. The van der Waals surface area contributed by atoms with Gasteiger partial charge in [0.25, 0.3) is 5.91 Å². The SMILES string of the molecule is CCOC(=O)c1c(C)[nH]c(C(=O)Nc2nc(CN3CCC(C)CC3)cs2)c1C. The van der Waals surface area contributed by atoms with Crippen molar-refractivity contribution in [3.05, 3.63) is 33.6 Å². The minimum Gasteiger partial charge on any atom is -0.462 e. The number of ether oxygens (including phenoxy) is 1. The van der Waals surface area contributed by atoms with Gasteiger partial charge in [-0.25, -0.2) is 9.78 Å². The molecule has 0 aromatic carbocycles. The molecule has 8 heteroatoms. The second kappa shape index (κ2) is 8.87. The molecule has 1 saturated heterocycles. The van der Waals surface area contributed by atoms with E-state index in [4.69, 9.17) is 4.74 Å². The normalized spacial score (nSPS) is 15.6. The lowest BCUT2D eigenvalue weighted by atomic mass is 9.99. The van der Waals surface area contributed by atoms with E-state index in [2.05, 4.69) is 27.1 Å². The molecule has 7 nitrogen and oxygen atoms in total. The number of nitrogens with one attached hydrogen (secondary N) is 2. The molecule has 0 spiro atoms. The van der Waals surface area contributed by atoms with E-state index in [1.807, 2.05) is 5.38 Å². The summed E-state index contributed by atoms with van der Waals surface area (Å²) in [5, 5.41) is 5.40. The van der Waals surface area contributed by atoms with Crippen LogP contribution in [-0.2, 0) is 11.3 Å². The summed E-state index contributed by atoms with van der Waals surface area (Å²) in [4.78, 5) is 34.7. The van der Waals surface area contributed by atoms with Crippen molar-refractivity contribution in [2.24, 2.45) is 5.92 Å². The molecule has 0 saturated carbocycles. The fourth-order valence-corrected chi connectivity index (χ4v) is 4.23. The molecule has 2 aromatic heterocycles. The third-order valence-corrected chi connectivity index (χ3v) is 5.98. The second-order valence-electron chi connectivity index (χ2n) is 7.40. The van der Waals surface area contributed by atoms with Crippen LogP contribution in [0.4, 0.5) is 5.13 Å². The van der Waals surface area contributed by atoms with E-state index in [9.17, 15) is 9.59 Å². The zero-order valence-electron chi connectivity index (χ0n) is 16.9. The number of hydrogen-bond donors (Lipinski definition) is 2. The molecule has 28 heavy (non-hydrogen) atoms. The average molecular weight is 405 g/mol. The maximum atomic E-state index is 12.7. The number of carbonyl (C=O) groups is 2. The Morgan fingerprint density at radius 1 is 1.36 bits per heavy atom.